The third-order valence-corrected chi connectivity index (χ3v) is 6.65. The van der Waals surface area contributed by atoms with E-state index in [9.17, 15) is 4.79 Å². The smallest absolute Gasteiger partial charge is 0.305 e. The molecule has 1 heterocycles. The van der Waals surface area contributed by atoms with Gasteiger partial charge in [-0.2, -0.15) is 0 Å². The second kappa shape index (κ2) is 10.2. The molecule has 0 atom stereocenters. The van der Waals surface area contributed by atoms with Crippen LogP contribution in [-0.2, 0) is 16.1 Å². The summed E-state index contributed by atoms with van der Waals surface area (Å²) in [7, 11) is 3.74. The van der Waals surface area contributed by atoms with Crippen LogP contribution < -0.4 is 5.32 Å². The van der Waals surface area contributed by atoms with Crippen molar-refractivity contribution < 1.29 is 9.53 Å². The molecule has 0 unspecified atom stereocenters. The average molecular weight is 373 g/mol. The Hall–Kier alpha value is -1.39. The zero-order chi connectivity index (χ0) is 19.1. The fourth-order valence-electron chi connectivity index (χ4n) is 4.77. The first-order valence-electron chi connectivity index (χ1n) is 10.7. The van der Waals surface area contributed by atoms with Gasteiger partial charge in [-0.05, 0) is 88.0 Å². The predicted molar refractivity (Wildman–Crippen MR) is 110 cm³/mol. The summed E-state index contributed by atoms with van der Waals surface area (Å²) in [5.41, 5.74) is 2.93. The molecule has 2 fully saturated rings. The number of carbonyl (C=O) groups is 1. The quantitative estimate of drug-likeness (QED) is 0.732. The Bertz CT molecular complexity index is 573. The average Bonchev–Trinajstić information content (AvgIpc) is 2.73. The lowest BCUT2D eigenvalue weighted by molar-refractivity contribution is -0.141. The van der Waals surface area contributed by atoms with Gasteiger partial charge in [0.25, 0.3) is 0 Å². The second-order valence-electron chi connectivity index (χ2n) is 8.47. The van der Waals surface area contributed by atoms with Crippen LogP contribution in [0.15, 0.2) is 24.3 Å². The van der Waals surface area contributed by atoms with Gasteiger partial charge in [0.15, 0.2) is 0 Å². The van der Waals surface area contributed by atoms with E-state index < -0.39 is 0 Å². The number of hydrogen-bond donors (Lipinski definition) is 1. The highest BCUT2D eigenvalue weighted by atomic mass is 16.5. The minimum atomic E-state index is -0.0674. The van der Waals surface area contributed by atoms with Crippen LogP contribution >= 0.6 is 0 Å². The van der Waals surface area contributed by atoms with Gasteiger partial charge >= 0.3 is 5.97 Å². The zero-order valence-electron chi connectivity index (χ0n) is 17.1. The van der Waals surface area contributed by atoms with E-state index in [2.05, 4.69) is 41.5 Å². The second-order valence-corrected chi connectivity index (χ2v) is 8.47. The van der Waals surface area contributed by atoms with Gasteiger partial charge in [0, 0.05) is 19.0 Å². The van der Waals surface area contributed by atoms with Gasteiger partial charge < -0.3 is 10.1 Å². The van der Waals surface area contributed by atoms with Gasteiger partial charge in [-0.25, -0.2) is 0 Å². The maximum absolute atomic E-state index is 11.3. The van der Waals surface area contributed by atoms with E-state index in [0.29, 0.717) is 18.4 Å². The number of hydrogen-bond acceptors (Lipinski definition) is 4. The molecule has 1 aromatic carbocycles. The van der Waals surface area contributed by atoms with Crippen molar-refractivity contribution in [1.82, 2.24) is 10.2 Å². The molecule has 2 aliphatic rings. The first kappa shape index (κ1) is 20.3. The summed E-state index contributed by atoms with van der Waals surface area (Å²) in [5.74, 6) is 1.36. The molecule has 4 heteroatoms. The van der Waals surface area contributed by atoms with Crippen LogP contribution in [0.25, 0.3) is 0 Å². The Kier molecular flexibility index (Phi) is 7.71. The summed E-state index contributed by atoms with van der Waals surface area (Å²) < 4.78 is 4.76. The third-order valence-electron chi connectivity index (χ3n) is 6.65. The molecule has 0 radical (unpaired) electrons. The van der Waals surface area contributed by atoms with E-state index in [1.807, 2.05) is 0 Å². The molecule has 0 bridgehead atoms. The Balaban J connectivity index is 1.42. The topological polar surface area (TPSA) is 41.6 Å². The Morgan fingerprint density at radius 1 is 1.07 bits per heavy atom. The van der Waals surface area contributed by atoms with Gasteiger partial charge in [0.05, 0.1) is 7.11 Å². The molecule has 3 rings (SSSR count). The minimum Gasteiger partial charge on any atom is -0.469 e. The SMILES string of the molecule is COC(=O)CCC1CCC(N(C)Cc2ccc(C3CCNCC3)cc2)CC1. The van der Waals surface area contributed by atoms with Crippen LogP contribution in [0.2, 0.25) is 0 Å². The molecule has 1 N–H and O–H groups in total. The van der Waals surface area contributed by atoms with Crippen molar-refractivity contribution in [3.05, 3.63) is 35.4 Å². The molecule has 0 aromatic heterocycles. The van der Waals surface area contributed by atoms with E-state index in [1.54, 1.807) is 0 Å². The van der Waals surface area contributed by atoms with Crippen molar-refractivity contribution in [3.8, 4) is 0 Å². The Labute approximate surface area is 164 Å². The van der Waals surface area contributed by atoms with Crippen LogP contribution in [0.1, 0.15) is 68.4 Å². The number of ether oxygens (including phenoxy) is 1. The number of nitrogens with one attached hydrogen (secondary N) is 1. The number of rotatable bonds is 7. The molecule has 0 amide bonds. The predicted octanol–water partition coefficient (Wildman–Crippen LogP) is 4.10. The lowest BCUT2D eigenvalue weighted by Gasteiger charge is -2.34. The summed E-state index contributed by atoms with van der Waals surface area (Å²) in [6, 6.07) is 10.0. The van der Waals surface area contributed by atoms with E-state index in [0.717, 1.165) is 32.0 Å². The van der Waals surface area contributed by atoms with Crippen LogP contribution in [-0.4, -0.2) is 44.2 Å². The summed E-state index contributed by atoms with van der Waals surface area (Å²) >= 11 is 0. The van der Waals surface area contributed by atoms with Crippen LogP contribution in [0.5, 0.6) is 0 Å². The monoisotopic (exact) mass is 372 g/mol. The fraction of sp³-hybridized carbons (Fsp3) is 0.696. The van der Waals surface area contributed by atoms with Gasteiger partial charge in [-0.1, -0.05) is 24.3 Å². The molecule has 1 aromatic rings. The van der Waals surface area contributed by atoms with Crippen LogP contribution in [0, 0.1) is 5.92 Å². The number of nitrogens with zero attached hydrogens (tertiary/aromatic N) is 1. The summed E-state index contributed by atoms with van der Waals surface area (Å²) in [4.78, 5) is 13.8. The summed E-state index contributed by atoms with van der Waals surface area (Å²) in [6.07, 6.45) is 9.05. The van der Waals surface area contributed by atoms with Crippen molar-refractivity contribution in [1.29, 1.82) is 0 Å². The van der Waals surface area contributed by atoms with Gasteiger partial charge in [0.2, 0.25) is 0 Å². The molecule has 0 spiro atoms. The summed E-state index contributed by atoms with van der Waals surface area (Å²) in [5, 5.41) is 3.45. The maximum atomic E-state index is 11.3. The van der Waals surface area contributed by atoms with Crippen molar-refractivity contribution in [3.63, 3.8) is 0 Å². The molecule has 1 saturated heterocycles. The number of esters is 1. The number of methoxy groups -OCH3 is 1. The largest absolute Gasteiger partial charge is 0.469 e. The number of carbonyl (C=O) groups excluding carboxylic acids is 1. The van der Waals surface area contributed by atoms with E-state index in [-0.39, 0.29) is 5.97 Å². The first-order chi connectivity index (χ1) is 13.2. The van der Waals surface area contributed by atoms with Gasteiger partial charge in [-0.15, -0.1) is 0 Å². The van der Waals surface area contributed by atoms with Crippen molar-refractivity contribution in [2.24, 2.45) is 5.92 Å². The number of benzene rings is 1. The highest BCUT2D eigenvalue weighted by Gasteiger charge is 2.24. The first-order valence-corrected chi connectivity index (χ1v) is 10.7. The van der Waals surface area contributed by atoms with E-state index >= 15 is 0 Å². The van der Waals surface area contributed by atoms with E-state index in [1.165, 1.54) is 56.8 Å². The molecule has 27 heavy (non-hydrogen) atoms. The molecule has 150 valence electrons. The van der Waals surface area contributed by atoms with Crippen molar-refractivity contribution in [2.75, 3.05) is 27.2 Å². The number of piperidine rings is 1. The molecule has 1 aliphatic carbocycles. The third kappa shape index (κ3) is 6.05. The standard InChI is InChI=1S/C23H36N2O2/c1-25(22-10-5-18(6-11-22)7-12-23(26)27-2)17-19-3-8-20(9-4-19)21-13-15-24-16-14-21/h3-4,8-9,18,21-22,24H,5-7,10-17H2,1-2H3. The fourth-order valence-corrected chi connectivity index (χ4v) is 4.77. The minimum absolute atomic E-state index is 0.0674. The Morgan fingerprint density at radius 2 is 1.74 bits per heavy atom. The van der Waals surface area contributed by atoms with Crippen LogP contribution in [0.4, 0.5) is 0 Å². The highest BCUT2D eigenvalue weighted by molar-refractivity contribution is 5.69. The van der Waals surface area contributed by atoms with Crippen molar-refractivity contribution in [2.45, 2.75) is 69.9 Å². The molecular formula is C23H36N2O2. The highest BCUT2D eigenvalue weighted by Crippen LogP contribution is 2.31. The zero-order valence-corrected chi connectivity index (χ0v) is 17.1. The van der Waals surface area contributed by atoms with E-state index in [4.69, 9.17) is 4.74 Å². The molecule has 4 nitrogen and oxygen atoms in total. The van der Waals surface area contributed by atoms with Gasteiger partial charge in [0.1, 0.15) is 0 Å². The van der Waals surface area contributed by atoms with Crippen LogP contribution in [0.3, 0.4) is 0 Å². The lowest BCUT2D eigenvalue weighted by atomic mass is 9.83. The molecular weight excluding hydrogens is 336 g/mol. The van der Waals surface area contributed by atoms with Gasteiger partial charge in [-0.3, -0.25) is 9.69 Å². The maximum Gasteiger partial charge on any atom is 0.305 e. The lowest BCUT2D eigenvalue weighted by Crippen LogP contribution is -2.34. The van der Waals surface area contributed by atoms with Crippen molar-refractivity contribution >= 4 is 5.97 Å². The Morgan fingerprint density at radius 3 is 2.37 bits per heavy atom. The molecule has 1 saturated carbocycles. The summed E-state index contributed by atoms with van der Waals surface area (Å²) in [6.45, 7) is 3.33. The molecule has 1 aliphatic heterocycles. The normalized spacial score (nSPS) is 24.1.